The minimum Gasteiger partial charge on any atom is -0.304 e. The molecule has 2 N–H and O–H groups in total. The molecule has 3 aromatic rings. The van der Waals surface area contributed by atoms with E-state index in [0.29, 0.717) is 0 Å². The Kier molecular flexibility index (Phi) is 4.44. The summed E-state index contributed by atoms with van der Waals surface area (Å²) in [5, 5.41) is 10.6. The summed E-state index contributed by atoms with van der Waals surface area (Å²) in [6, 6.07) is 23.4. The maximum atomic E-state index is 3.99. The molecule has 21 heavy (non-hydrogen) atoms. The Balaban J connectivity index is 1.74. The summed E-state index contributed by atoms with van der Waals surface area (Å²) in [4.78, 5) is 0. The van der Waals surface area contributed by atoms with Gasteiger partial charge in [-0.05, 0) is 23.6 Å². The van der Waals surface area contributed by atoms with Crippen LogP contribution in [0.1, 0.15) is 22.9 Å². The molecule has 3 heteroatoms. The number of H-pyrrole nitrogens is 1. The van der Waals surface area contributed by atoms with Crippen molar-refractivity contribution in [3.05, 3.63) is 89.7 Å². The van der Waals surface area contributed by atoms with Crippen molar-refractivity contribution in [1.29, 1.82) is 0 Å². The van der Waals surface area contributed by atoms with Crippen molar-refractivity contribution in [3.8, 4) is 0 Å². The molecule has 3 nitrogen and oxygen atoms in total. The quantitative estimate of drug-likeness (QED) is 0.724. The van der Waals surface area contributed by atoms with Crippen molar-refractivity contribution >= 4 is 0 Å². The summed E-state index contributed by atoms with van der Waals surface area (Å²) in [6.45, 7) is 0.784. The van der Waals surface area contributed by atoms with Crippen molar-refractivity contribution in [1.82, 2.24) is 15.5 Å². The van der Waals surface area contributed by atoms with Gasteiger partial charge in [-0.3, -0.25) is 5.10 Å². The molecule has 0 saturated carbocycles. The van der Waals surface area contributed by atoms with E-state index < -0.39 is 0 Å². The molecular weight excluding hydrogens is 258 g/mol. The highest BCUT2D eigenvalue weighted by molar-refractivity contribution is 5.23. The number of hydrogen-bond donors (Lipinski definition) is 2. The Morgan fingerprint density at radius 1 is 0.905 bits per heavy atom. The maximum absolute atomic E-state index is 3.99. The third-order valence-corrected chi connectivity index (χ3v) is 3.58. The highest BCUT2D eigenvalue weighted by Gasteiger charge is 2.11. The lowest BCUT2D eigenvalue weighted by Gasteiger charge is -2.19. The molecule has 3 rings (SSSR count). The average Bonchev–Trinajstić information content (AvgIpc) is 3.07. The number of aromatic nitrogens is 2. The fourth-order valence-electron chi connectivity index (χ4n) is 2.46. The Bertz CT molecular complexity index is 633. The molecule has 106 valence electrons. The highest BCUT2D eigenvalue weighted by atomic mass is 15.1. The summed E-state index contributed by atoms with van der Waals surface area (Å²) in [6.07, 6.45) is 2.75. The van der Waals surface area contributed by atoms with Gasteiger partial charge >= 0.3 is 0 Å². The molecule has 0 saturated heterocycles. The molecule has 0 amide bonds. The van der Waals surface area contributed by atoms with Crippen LogP contribution in [0.15, 0.2) is 72.9 Å². The second-order valence-corrected chi connectivity index (χ2v) is 5.12. The van der Waals surface area contributed by atoms with Gasteiger partial charge in [-0.2, -0.15) is 5.10 Å². The molecular formula is C18H19N3. The minimum atomic E-state index is 0.289. The van der Waals surface area contributed by atoms with E-state index in [-0.39, 0.29) is 6.04 Å². The zero-order chi connectivity index (χ0) is 14.3. The van der Waals surface area contributed by atoms with Crippen LogP contribution in [0.5, 0.6) is 0 Å². The smallest absolute Gasteiger partial charge is 0.0490 e. The van der Waals surface area contributed by atoms with Crippen LogP contribution in [0.25, 0.3) is 0 Å². The standard InChI is InChI=1S/C18H19N3/c1-3-7-15(8-4-1)13-18(16-9-5-2-6-10-16)19-14-17-11-12-20-21-17/h1-12,18-19H,13-14H2,(H,20,21)/t18-/m0/s1. The van der Waals surface area contributed by atoms with Crippen LogP contribution in [0.3, 0.4) is 0 Å². The van der Waals surface area contributed by atoms with Crippen LogP contribution >= 0.6 is 0 Å². The number of nitrogens with one attached hydrogen (secondary N) is 2. The molecule has 0 aliphatic carbocycles. The largest absolute Gasteiger partial charge is 0.304 e. The summed E-state index contributed by atoms with van der Waals surface area (Å²) in [7, 11) is 0. The van der Waals surface area contributed by atoms with E-state index in [1.165, 1.54) is 11.1 Å². The predicted molar refractivity (Wildman–Crippen MR) is 84.8 cm³/mol. The van der Waals surface area contributed by atoms with Crippen molar-refractivity contribution in [2.75, 3.05) is 0 Å². The van der Waals surface area contributed by atoms with E-state index in [0.717, 1.165) is 18.7 Å². The van der Waals surface area contributed by atoms with E-state index in [1.807, 2.05) is 6.07 Å². The summed E-state index contributed by atoms with van der Waals surface area (Å²) in [5.74, 6) is 0. The van der Waals surface area contributed by atoms with Gasteiger partial charge in [0.15, 0.2) is 0 Å². The van der Waals surface area contributed by atoms with E-state index in [4.69, 9.17) is 0 Å². The van der Waals surface area contributed by atoms with Crippen LogP contribution < -0.4 is 5.32 Å². The minimum absolute atomic E-state index is 0.289. The third-order valence-electron chi connectivity index (χ3n) is 3.58. The monoisotopic (exact) mass is 277 g/mol. The Labute approximate surface area is 125 Å². The average molecular weight is 277 g/mol. The predicted octanol–water partition coefficient (Wildman–Crippen LogP) is 3.48. The van der Waals surface area contributed by atoms with Crippen molar-refractivity contribution in [2.45, 2.75) is 19.0 Å². The molecule has 1 heterocycles. The molecule has 1 aromatic heterocycles. The molecule has 0 aliphatic heterocycles. The first-order valence-corrected chi connectivity index (χ1v) is 7.22. The zero-order valence-electron chi connectivity index (χ0n) is 11.9. The second-order valence-electron chi connectivity index (χ2n) is 5.12. The van der Waals surface area contributed by atoms with Crippen LogP contribution in [0, 0.1) is 0 Å². The number of hydrogen-bond acceptors (Lipinski definition) is 2. The van der Waals surface area contributed by atoms with Gasteiger partial charge in [-0.1, -0.05) is 60.7 Å². The fourth-order valence-corrected chi connectivity index (χ4v) is 2.46. The van der Waals surface area contributed by atoms with Crippen molar-refractivity contribution in [3.63, 3.8) is 0 Å². The van der Waals surface area contributed by atoms with Gasteiger partial charge in [0.25, 0.3) is 0 Å². The molecule has 2 aromatic carbocycles. The lowest BCUT2D eigenvalue weighted by Crippen LogP contribution is -2.23. The van der Waals surface area contributed by atoms with E-state index >= 15 is 0 Å². The molecule has 0 aliphatic rings. The van der Waals surface area contributed by atoms with Gasteiger partial charge in [-0.25, -0.2) is 0 Å². The Morgan fingerprint density at radius 3 is 2.29 bits per heavy atom. The van der Waals surface area contributed by atoms with Gasteiger partial charge in [0.1, 0.15) is 0 Å². The van der Waals surface area contributed by atoms with Crippen LogP contribution in [0.2, 0.25) is 0 Å². The molecule has 0 unspecified atom stereocenters. The number of benzene rings is 2. The van der Waals surface area contributed by atoms with E-state index in [2.05, 4.69) is 76.2 Å². The van der Waals surface area contributed by atoms with Gasteiger partial charge in [0.05, 0.1) is 0 Å². The number of rotatable bonds is 6. The van der Waals surface area contributed by atoms with E-state index in [9.17, 15) is 0 Å². The van der Waals surface area contributed by atoms with Gasteiger partial charge in [-0.15, -0.1) is 0 Å². The summed E-state index contributed by atoms with van der Waals surface area (Å²) in [5.41, 5.74) is 3.74. The fraction of sp³-hybridized carbons (Fsp3) is 0.167. The lowest BCUT2D eigenvalue weighted by molar-refractivity contribution is 0.525. The second kappa shape index (κ2) is 6.86. The third kappa shape index (κ3) is 3.80. The van der Waals surface area contributed by atoms with Crippen molar-refractivity contribution < 1.29 is 0 Å². The molecule has 0 spiro atoms. The van der Waals surface area contributed by atoms with Gasteiger partial charge < -0.3 is 5.32 Å². The maximum Gasteiger partial charge on any atom is 0.0490 e. The highest BCUT2D eigenvalue weighted by Crippen LogP contribution is 2.18. The van der Waals surface area contributed by atoms with Crippen LogP contribution in [-0.4, -0.2) is 10.2 Å². The first-order valence-electron chi connectivity index (χ1n) is 7.22. The topological polar surface area (TPSA) is 40.7 Å². The summed E-state index contributed by atoms with van der Waals surface area (Å²) < 4.78 is 0. The summed E-state index contributed by atoms with van der Waals surface area (Å²) >= 11 is 0. The van der Waals surface area contributed by atoms with Gasteiger partial charge in [0, 0.05) is 24.5 Å². The molecule has 0 fully saturated rings. The van der Waals surface area contributed by atoms with Crippen LogP contribution in [0.4, 0.5) is 0 Å². The molecule has 1 atom stereocenters. The number of nitrogens with zero attached hydrogens (tertiary/aromatic N) is 1. The zero-order valence-corrected chi connectivity index (χ0v) is 11.9. The normalized spacial score (nSPS) is 12.2. The van der Waals surface area contributed by atoms with Crippen LogP contribution in [-0.2, 0) is 13.0 Å². The Hall–Kier alpha value is -2.39. The lowest BCUT2D eigenvalue weighted by atomic mass is 9.99. The first kappa shape index (κ1) is 13.6. The van der Waals surface area contributed by atoms with E-state index in [1.54, 1.807) is 6.20 Å². The molecule has 0 bridgehead atoms. The van der Waals surface area contributed by atoms with Gasteiger partial charge in [0.2, 0.25) is 0 Å². The first-order chi connectivity index (χ1) is 10.4. The SMILES string of the molecule is c1ccc(C[C@H](NCc2ccn[nH]2)c2ccccc2)cc1. The van der Waals surface area contributed by atoms with Crippen molar-refractivity contribution in [2.24, 2.45) is 0 Å². The Morgan fingerprint density at radius 2 is 1.62 bits per heavy atom. The number of aromatic amines is 1. The molecule has 0 radical (unpaired) electrons.